The molecule has 1 amide bonds. The van der Waals surface area contributed by atoms with Gasteiger partial charge in [-0.25, -0.2) is 4.98 Å². The molecule has 7 heteroatoms. The number of aliphatic hydroxyl groups excluding tert-OH is 1. The Morgan fingerprint density at radius 2 is 1.87 bits per heavy atom. The minimum Gasteiger partial charge on any atom is -0.387 e. The summed E-state index contributed by atoms with van der Waals surface area (Å²) < 4.78 is 37.6. The highest BCUT2D eigenvalue weighted by Gasteiger charge is 2.33. The third kappa shape index (κ3) is 4.29. The van der Waals surface area contributed by atoms with Crippen molar-refractivity contribution in [3.63, 3.8) is 0 Å². The van der Waals surface area contributed by atoms with Crippen molar-refractivity contribution < 1.29 is 23.1 Å². The number of rotatable bonds is 4. The summed E-state index contributed by atoms with van der Waals surface area (Å²) in [6, 6.07) is 10.6. The van der Waals surface area contributed by atoms with Gasteiger partial charge in [-0.05, 0) is 24.6 Å². The SMILES string of the molecule is Cc1nc(C(F)(F)F)ccc1C(=O)NC[C@H](O)c1ccccc1. The van der Waals surface area contributed by atoms with Gasteiger partial charge < -0.3 is 10.4 Å². The molecule has 2 N–H and O–H groups in total. The van der Waals surface area contributed by atoms with E-state index in [9.17, 15) is 23.1 Å². The highest BCUT2D eigenvalue weighted by Crippen LogP contribution is 2.28. The lowest BCUT2D eigenvalue weighted by molar-refractivity contribution is -0.141. The monoisotopic (exact) mass is 324 g/mol. The number of benzene rings is 1. The van der Waals surface area contributed by atoms with Gasteiger partial charge in [0, 0.05) is 6.54 Å². The van der Waals surface area contributed by atoms with E-state index < -0.39 is 23.9 Å². The molecule has 1 heterocycles. The average Bonchev–Trinajstić information content (AvgIpc) is 2.52. The quantitative estimate of drug-likeness (QED) is 0.909. The molecule has 0 fully saturated rings. The fourth-order valence-corrected chi connectivity index (χ4v) is 2.04. The zero-order chi connectivity index (χ0) is 17.0. The van der Waals surface area contributed by atoms with Crippen molar-refractivity contribution in [2.24, 2.45) is 0 Å². The molecule has 23 heavy (non-hydrogen) atoms. The smallest absolute Gasteiger partial charge is 0.387 e. The maximum atomic E-state index is 12.5. The predicted molar refractivity (Wildman–Crippen MR) is 77.7 cm³/mol. The van der Waals surface area contributed by atoms with Gasteiger partial charge >= 0.3 is 6.18 Å². The minimum atomic E-state index is -4.55. The second-order valence-electron chi connectivity index (χ2n) is 4.96. The van der Waals surface area contributed by atoms with E-state index in [-0.39, 0.29) is 17.8 Å². The third-order valence-corrected chi connectivity index (χ3v) is 3.26. The lowest BCUT2D eigenvalue weighted by atomic mass is 10.1. The largest absolute Gasteiger partial charge is 0.433 e. The number of amides is 1. The van der Waals surface area contributed by atoms with Crippen LogP contribution in [0.4, 0.5) is 13.2 Å². The molecule has 1 aromatic heterocycles. The number of aryl methyl sites for hydroxylation is 1. The number of halogens is 3. The third-order valence-electron chi connectivity index (χ3n) is 3.26. The Balaban J connectivity index is 2.04. The maximum Gasteiger partial charge on any atom is 0.433 e. The molecule has 0 aliphatic carbocycles. The Kier molecular flexibility index (Phi) is 5.00. The van der Waals surface area contributed by atoms with E-state index in [4.69, 9.17) is 0 Å². The standard InChI is InChI=1S/C16H15F3N2O2/c1-10-12(7-8-14(21-10)16(17,18)19)15(23)20-9-13(22)11-5-3-2-4-6-11/h2-8,13,22H,9H2,1H3,(H,20,23)/t13-/m0/s1. The van der Waals surface area contributed by atoms with Crippen LogP contribution in [-0.2, 0) is 6.18 Å². The summed E-state index contributed by atoms with van der Waals surface area (Å²) in [5.74, 6) is -0.585. The number of hydrogen-bond acceptors (Lipinski definition) is 3. The van der Waals surface area contributed by atoms with Crippen LogP contribution in [0.5, 0.6) is 0 Å². The highest BCUT2D eigenvalue weighted by atomic mass is 19.4. The number of carbonyl (C=O) groups excluding carboxylic acids is 1. The summed E-state index contributed by atoms with van der Waals surface area (Å²) in [4.78, 5) is 15.4. The van der Waals surface area contributed by atoms with Crippen LogP contribution in [0.25, 0.3) is 0 Å². The summed E-state index contributed by atoms with van der Waals surface area (Å²) in [7, 11) is 0. The molecular formula is C16H15F3N2O2. The van der Waals surface area contributed by atoms with Crippen LogP contribution < -0.4 is 5.32 Å². The number of carbonyl (C=O) groups is 1. The van der Waals surface area contributed by atoms with Crippen LogP contribution in [-0.4, -0.2) is 22.5 Å². The zero-order valence-electron chi connectivity index (χ0n) is 12.3. The summed E-state index contributed by atoms with van der Waals surface area (Å²) in [6.07, 6.45) is -5.45. The van der Waals surface area contributed by atoms with Crippen LogP contribution in [0.3, 0.4) is 0 Å². The molecule has 4 nitrogen and oxygen atoms in total. The molecule has 0 unspecified atom stereocenters. The lowest BCUT2D eigenvalue weighted by Gasteiger charge is -2.13. The Bertz CT molecular complexity index is 687. The summed E-state index contributed by atoms with van der Waals surface area (Å²) in [5.41, 5.74) is -0.393. The molecule has 0 saturated heterocycles. The van der Waals surface area contributed by atoms with Gasteiger partial charge in [-0.15, -0.1) is 0 Å². The average molecular weight is 324 g/mol. The molecule has 2 aromatic rings. The number of aliphatic hydroxyl groups is 1. The molecular weight excluding hydrogens is 309 g/mol. The minimum absolute atomic E-state index is 0.0217. The van der Waals surface area contributed by atoms with Gasteiger partial charge in [-0.2, -0.15) is 13.2 Å². The molecule has 1 atom stereocenters. The first-order chi connectivity index (χ1) is 10.8. The second-order valence-corrected chi connectivity index (χ2v) is 4.96. The fourth-order valence-electron chi connectivity index (χ4n) is 2.04. The fraction of sp³-hybridized carbons (Fsp3) is 0.250. The van der Waals surface area contributed by atoms with Crippen molar-refractivity contribution in [1.29, 1.82) is 0 Å². The van der Waals surface area contributed by atoms with Crippen LogP contribution in [0, 0.1) is 6.92 Å². The van der Waals surface area contributed by atoms with Crippen LogP contribution >= 0.6 is 0 Å². The molecule has 0 aliphatic rings. The Labute approximate surface area is 131 Å². The van der Waals surface area contributed by atoms with Crippen molar-refractivity contribution in [3.05, 3.63) is 65.0 Å². The van der Waals surface area contributed by atoms with E-state index in [2.05, 4.69) is 10.3 Å². The van der Waals surface area contributed by atoms with Crippen molar-refractivity contribution >= 4 is 5.91 Å². The highest BCUT2D eigenvalue weighted by molar-refractivity contribution is 5.95. The van der Waals surface area contributed by atoms with Crippen molar-refractivity contribution in [1.82, 2.24) is 10.3 Å². The Morgan fingerprint density at radius 1 is 1.22 bits per heavy atom. The van der Waals surface area contributed by atoms with Crippen LogP contribution in [0.1, 0.15) is 33.4 Å². The van der Waals surface area contributed by atoms with Crippen molar-refractivity contribution in [2.75, 3.05) is 6.54 Å². The Morgan fingerprint density at radius 3 is 2.43 bits per heavy atom. The first-order valence-electron chi connectivity index (χ1n) is 6.85. The van der Waals surface area contributed by atoms with Crippen LogP contribution in [0.15, 0.2) is 42.5 Å². The molecule has 1 aromatic carbocycles. The van der Waals surface area contributed by atoms with E-state index in [0.717, 1.165) is 12.1 Å². The Hall–Kier alpha value is -2.41. The van der Waals surface area contributed by atoms with Gasteiger partial charge in [0.15, 0.2) is 0 Å². The van der Waals surface area contributed by atoms with E-state index in [1.165, 1.54) is 6.92 Å². The van der Waals surface area contributed by atoms with Crippen molar-refractivity contribution in [2.45, 2.75) is 19.2 Å². The van der Waals surface area contributed by atoms with Gasteiger partial charge in [0.05, 0.1) is 17.4 Å². The van der Waals surface area contributed by atoms with Gasteiger partial charge in [0.1, 0.15) is 5.69 Å². The first kappa shape index (κ1) is 17.0. The molecule has 122 valence electrons. The van der Waals surface area contributed by atoms with E-state index in [0.29, 0.717) is 5.56 Å². The summed E-state index contributed by atoms with van der Waals surface area (Å²) in [6.45, 7) is 1.28. The van der Waals surface area contributed by atoms with Gasteiger partial charge in [-0.1, -0.05) is 30.3 Å². The van der Waals surface area contributed by atoms with E-state index in [1.54, 1.807) is 30.3 Å². The predicted octanol–water partition coefficient (Wildman–Crippen LogP) is 2.87. The summed E-state index contributed by atoms with van der Waals surface area (Å²) >= 11 is 0. The molecule has 0 aliphatic heterocycles. The second kappa shape index (κ2) is 6.78. The number of aromatic nitrogens is 1. The first-order valence-corrected chi connectivity index (χ1v) is 6.85. The number of nitrogens with zero attached hydrogens (tertiary/aromatic N) is 1. The molecule has 0 radical (unpaired) electrons. The van der Waals surface area contributed by atoms with Gasteiger partial charge in [0.25, 0.3) is 5.91 Å². The van der Waals surface area contributed by atoms with E-state index >= 15 is 0 Å². The molecule has 0 spiro atoms. The lowest BCUT2D eigenvalue weighted by Crippen LogP contribution is -2.29. The van der Waals surface area contributed by atoms with Crippen molar-refractivity contribution in [3.8, 4) is 0 Å². The number of nitrogens with one attached hydrogen (secondary N) is 1. The number of hydrogen-bond donors (Lipinski definition) is 2. The maximum absolute atomic E-state index is 12.5. The van der Waals surface area contributed by atoms with Gasteiger partial charge in [0.2, 0.25) is 0 Å². The summed E-state index contributed by atoms with van der Waals surface area (Å²) in [5, 5.41) is 12.4. The number of pyridine rings is 1. The topological polar surface area (TPSA) is 62.2 Å². The molecule has 0 saturated carbocycles. The zero-order valence-corrected chi connectivity index (χ0v) is 12.3. The normalized spacial score (nSPS) is 12.7. The van der Waals surface area contributed by atoms with Gasteiger partial charge in [-0.3, -0.25) is 4.79 Å². The molecule has 0 bridgehead atoms. The molecule has 2 rings (SSSR count). The van der Waals surface area contributed by atoms with Crippen LogP contribution in [0.2, 0.25) is 0 Å². The van der Waals surface area contributed by atoms with E-state index in [1.807, 2.05) is 0 Å². The number of alkyl halides is 3.